The fraction of sp³-hybridized carbons (Fsp3) is 0.619. The van der Waals surface area contributed by atoms with Gasteiger partial charge in [-0.2, -0.15) is 5.10 Å². The fourth-order valence-corrected chi connectivity index (χ4v) is 5.41. The lowest BCUT2D eigenvalue weighted by Crippen LogP contribution is -2.57. The van der Waals surface area contributed by atoms with E-state index in [1.165, 1.54) is 12.8 Å². The van der Waals surface area contributed by atoms with Gasteiger partial charge in [0, 0.05) is 37.1 Å². The molecular formula is C21H31BrN4O2Si. The normalized spacial score (nSPS) is 24.2. The van der Waals surface area contributed by atoms with Gasteiger partial charge in [0.1, 0.15) is 6.73 Å². The zero-order chi connectivity index (χ0) is 20.6. The van der Waals surface area contributed by atoms with E-state index < -0.39 is 8.07 Å². The highest BCUT2D eigenvalue weighted by Crippen LogP contribution is 2.28. The first-order chi connectivity index (χ1) is 13.8. The van der Waals surface area contributed by atoms with E-state index in [2.05, 4.69) is 50.9 Å². The van der Waals surface area contributed by atoms with E-state index in [9.17, 15) is 4.79 Å². The lowest BCUT2D eigenvalue weighted by atomic mass is 9.84. The Hall–Kier alpha value is -1.22. The summed E-state index contributed by atoms with van der Waals surface area (Å²) in [6, 6.07) is 7.29. The number of fused-ring (bicyclic) bond motifs is 4. The Morgan fingerprint density at radius 3 is 2.72 bits per heavy atom. The predicted octanol–water partition coefficient (Wildman–Crippen LogP) is 3.94. The third-order valence-corrected chi connectivity index (χ3v) is 8.31. The number of benzene rings is 1. The third kappa shape index (κ3) is 4.92. The van der Waals surface area contributed by atoms with Gasteiger partial charge in [0.25, 0.3) is 5.91 Å². The second-order valence-corrected chi connectivity index (χ2v) is 16.1. The van der Waals surface area contributed by atoms with Crippen molar-refractivity contribution in [2.45, 2.75) is 51.3 Å². The highest BCUT2D eigenvalue weighted by molar-refractivity contribution is 9.10. The SMILES string of the molecule is C[Si](C)(C)CCOCn1nc(C(=O)N[C@@H]2CN3CCC2CC3)c2ccc(Br)cc21. The minimum Gasteiger partial charge on any atom is -0.360 e. The molecule has 0 spiro atoms. The lowest BCUT2D eigenvalue weighted by molar-refractivity contribution is 0.0613. The van der Waals surface area contributed by atoms with Crippen LogP contribution in [0.1, 0.15) is 23.3 Å². The summed E-state index contributed by atoms with van der Waals surface area (Å²) in [5, 5.41) is 8.79. The molecule has 29 heavy (non-hydrogen) atoms. The molecule has 8 heteroatoms. The Labute approximate surface area is 182 Å². The summed E-state index contributed by atoms with van der Waals surface area (Å²) in [5.74, 6) is 0.522. The molecule has 0 saturated carbocycles. The Bertz CT molecular complexity index is 887. The number of piperidine rings is 3. The van der Waals surface area contributed by atoms with E-state index in [0.717, 1.165) is 47.7 Å². The molecule has 0 radical (unpaired) electrons. The molecule has 3 aliphatic heterocycles. The monoisotopic (exact) mass is 478 g/mol. The standard InChI is InChI=1S/C21H31BrN4O2Si/c1-29(2,3)11-10-28-14-26-19-12-16(22)4-5-17(19)20(24-26)21(27)23-18-13-25-8-6-15(18)7-9-25/h4-5,12,15,18H,6-11,13-14H2,1-3H3,(H,23,27)/t18-/m1/s1. The largest absolute Gasteiger partial charge is 0.360 e. The van der Waals surface area contributed by atoms with E-state index in [0.29, 0.717) is 18.3 Å². The van der Waals surface area contributed by atoms with Crippen molar-refractivity contribution >= 4 is 40.8 Å². The predicted molar refractivity (Wildman–Crippen MR) is 122 cm³/mol. The molecule has 5 rings (SSSR count). The van der Waals surface area contributed by atoms with Crippen molar-refractivity contribution in [3.63, 3.8) is 0 Å². The molecule has 158 valence electrons. The Balaban J connectivity index is 1.50. The molecule has 3 saturated heterocycles. The molecule has 6 nitrogen and oxygen atoms in total. The van der Waals surface area contributed by atoms with Crippen LogP contribution in [0.2, 0.25) is 25.7 Å². The topological polar surface area (TPSA) is 59.4 Å². The number of aromatic nitrogens is 2. The van der Waals surface area contributed by atoms with Gasteiger partial charge in [-0.15, -0.1) is 0 Å². The molecule has 0 unspecified atom stereocenters. The van der Waals surface area contributed by atoms with Gasteiger partial charge in [0.2, 0.25) is 0 Å². The number of carbonyl (C=O) groups excluding carboxylic acids is 1. The van der Waals surface area contributed by atoms with Crippen LogP contribution in [-0.4, -0.2) is 60.9 Å². The van der Waals surface area contributed by atoms with Crippen molar-refractivity contribution in [3.05, 3.63) is 28.4 Å². The number of hydrogen-bond donors (Lipinski definition) is 1. The Morgan fingerprint density at radius 1 is 1.31 bits per heavy atom. The van der Waals surface area contributed by atoms with Gasteiger partial charge in [-0.25, -0.2) is 4.68 Å². The van der Waals surface area contributed by atoms with Crippen molar-refractivity contribution in [3.8, 4) is 0 Å². The van der Waals surface area contributed by atoms with Crippen molar-refractivity contribution in [2.24, 2.45) is 5.92 Å². The molecule has 3 aliphatic rings. The van der Waals surface area contributed by atoms with Crippen LogP contribution in [0.4, 0.5) is 0 Å². The van der Waals surface area contributed by atoms with Crippen LogP contribution in [0.15, 0.2) is 22.7 Å². The number of nitrogens with one attached hydrogen (secondary N) is 1. The molecule has 2 aromatic rings. The second-order valence-electron chi connectivity index (χ2n) is 9.58. The number of rotatable bonds is 7. The molecule has 2 bridgehead atoms. The maximum atomic E-state index is 13.1. The average Bonchev–Trinajstić information content (AvgIpc) is 3.03. The zero-order valence-electron chi connectivity index (χ0n) is 17.6. The maximum Gasteiger partial charge on any atom is 0.272 e. The smallest absolute Gasteiger partial charge is 0.272 e. The van der Waals surface area contributed by atoms with Crippen molar-refractivity contribution < 1.29 is 9.53 Å². The van der Waals surface area contributed by atoms with E-state index in [-0.39, 0.29) is 11.9 Å². The first kappa shape index (κ1) is 21.0. The van der Waals surface area contributed by atoms with Gasteiger partial charge in [-0.05, 0) is 56.1 Å². The summed E-state index contributed by atoms with van der Waals surface area (Å²) < 4.78 is 8.69. The molecule has 1 aromatic carbocycles. The number of hydrogen-bond acceptors (Lipinski definition) is 4. The van der Waals surface area contributed by atoms with Crippen molar-refractivity contribution in [1.82, 2.24) is 20.0 Å². The van der Waals surface area contributed by atoms with Crippen LogP contribution in [0, 0.1) is 5.92 Å². The Kier molecular flexibility index (Phi) is 6.16. The minimum atomic E-state index is -1.13. The summed E-state index contributed by atoms with van der Waals surface area (Å²) in [7, 11) is -1.13. The number of nitrogens with zero attached hydrogens (tertiary/aromatic N) is 3. The van der Waals surface area contributed by atoms with Gasteiger partial charge in [0.05, 0.1) is 5.52 Å². The van der Waals surface area contributed by atoms with Gasteiger partial charge in [-0.1, -0.05) is 35.6 Å². The summed E-state index contributed by atoms with van der Waals surface area (Å²) in [4.78, 5) is 15.6. The molecule has 4 heterocycles. The van der Waals surface area contributed by atoms with Crippen LogP contribution in [-0.2, 0) is 11.5 Å². The lowest BCUT2D eigenvalue weighted by Gasteiger charge is -2.44. The van der Waals surface area contributed by atoms with Crippen LogP contribution >= 0.6 is 15.9 Å². The van der Waals surface area contributed by atoms with E-state index >= 15 is 0 Å². The van der Waals surface area contributed by atoms with Gasteiger partial charge in [-0.3, -0.25) is 4.79 Å². The molecular weight excluding hydrogens is 448 g/mol. The van der Waals surface area contributed by atoms with Crippen molar-refractivity contribution in [1.29, 1.82) is 0 Å². The second kappa shape index (κ2) is 8.49. The molecule has 1 N–H and O–H groups in total. The van der Waals surface area contributed by atoms with E-state index in [1.54, 1.807) is 0 Å². The average molecular weight is 479 g/mol. The molecule has 1 amide bonds. The Morgan fingerprint density at radius 2 is 2.07 bits per heavy atom. The van der Waals surface area contributed by atoms with E-state index in [4.69, 9.17) is 4.74 Å². The number of ether oxygens (including phenoxy) is 1. The third-order valence-electron chi connectivity index (χ3n) is 6.11. The molecule has 3 fully saturated rings. The van der Waals surface area contributed by atoms with Crippen LogP contribution in [0.5, 0.6) is 0 Å². The number of halogens is 1. The van der Waals surface area contributed by atoms with E-state index in [1.807, 2.05) is 22.9 Å². The highest BCUT2D eigenvalue weighted by Gasteiger charge is 2.35. The highest BCUT2D eigenvalue weighted by atomic mass is 79.9. The fourth-order valence-electron chi connectivity index (χ4n) is 4.31. The number of carbonyl (C=O) groups is 1. The summed E-state index contributed by atoms with van der Waals surface area (Å²) >= 11 is 3.54. The van der Waals surface area contributed by atoms with Crippen LogP contribution < -0.4 is 5.32 Å². The quantitative estimate of drug-likeness (QED) is 0.483. The summed E-state index contributed by atoms with van der Waals surface area (Å²) in [6.07, 6.45) is 2.36. The van der Waals surface area contributed by atoms with Gasteiger partial charge >= 0.3 is 0 Å². The molecule has 0 aliphatic carbocycles. The van der Waals surface area contributed by atoms with Gasteiger partial charge in [0.15, 0.2) is 5.69 Å². The minimum absolute atomic E-state index is 0.0723. The first-order valence-corrected chi connectivity index (χ1v) is 15.1. The summed E-state index contributed by atoms with van der Waals surface area (Å²) in [6.45, 7) is 11.4. The number of amides is 1. The molecule has 1 atom stereocenters. The molecule has 1 aromatic heterocycles. The zero-order valence-corrected chi connectivity index (χ0v) is 20.2. The summed E-state index contributed by atoms with van der Waals surface area (Å²) in [5.41, 5.74) is 1.42. The first-order valence-electron chi connectivity index (χ1n) is 10.6. The van der Waals surface area contributed by atoms with Gasteiger partial charge < -0.3 is 15.0 Å². The van der Waals surface area contributed by atoms with Crippen LogP contribution in [0.3, 0.4) is 0 Å². The maximum absolute atomic E-state index is 13.1. The van der Waals surface area contributed by atoms with Crippen molar-refractivity contribution in [2.75, 3.05) is 26.2 Å². The van der Waals surface area contributed by atoms with Crippen LogP contribution in [0.25, 0.3) is 10.9 Å².